The Bertz CT molecular complexity index is 835. The molecule has 3 amide bonds. The molecule has 0 bridgehead atoms. The van der Waals surface area contributed by atoms with Crippen LogP contribution in [0.1, 0.15) is 34.5 Å². The largest absolute Gasteiger partial charge is 0.454 e. The van der Waals surface area contributed by atoms with Gasteiger partial charge in [-0.1, -0.05) is 30.3 Å². The fraction of sp³-hybridized carbons (Fsp3) is 0.211. The molecule has 2 aromatic carbocycles. The molecule has 3 rings (SSSR count). The minimum Gasteiger partial charge on any atom is -0.454 e. The Hall–Kier alpha value is -3.22. The molecule has 0 saturated carbocycles. The van der Waals surface area contributed by atoms with E-state index in [0.29, 0.717) is 11.1 Å². The van der Waals surface area contributed by atoms with E-state index in [1.165, 1.54) is 12.1 Å². The fourth-order valence-electron chi connectivity index (χ4n) is 2.67. The molecule has 1 unspecified atom stereocenters. The van der Waals surface area contributed by atoms with Gasteiger partial charge in [-0.2, -0.15) is 0 Å². The highest BCUT2D eigenvalue weighted by Crippen LogP contribution is 2.21. The smallest absolute Gasteiger partial charge is 0.339 e. The second-order valence-corrected chi connectivity index (χ2v) is 5.89. The third-order valence-corrected chi connectivity index (χ3v) is 4.13. The number of halogens is 1. The number of hydrogen-bond acceptors (Lipinski definition) is 4. The van der Waals surface area contributed by atoms with Crippen molar-refractivity contribution in [3.63, 3.8) is 0 Å². The quantitative estimate of drug-likeness (QED) is 0.660. The van der Waals surface area contributed by atoms with E-state index in [1.54, 1.807) is 43.3 Å². The summed E-state index contributed by atoms with van der Waals surface area (Å²) < 4.78 is 18.5. The zero-order chi connectivity index (χ0) is 18.7. The minimum atomic E-state index is -0.579. The molecule has 1 heterocycles. The summed E-state index contributed by atoms with van der Waals surface area (Å²) >= 11 is 0. The number of urea groups is 1. The first kappa shape index (κ1) is 17.6. The van der Waals surface area contributed by atoms with Gasteiger partial charge in [-0.15, -0.1) is 0 Å². The molecule has 1 saturated heterocycles. The Kier molecular flexibility index (Phi) is 4.97. The van der Waals surface area contributed by atoms with Gasteiger partial charge in [-0.25, -0.2) is 14.0 Å². The van der Waals surface area contributed by atoms with Gasteiger partial charge in [0.1, 0.15) is 11.9 Å². The molecule has 0 aliphatic carbocycles. The van der Waals surface area contributed by atoms with Crippen LogP contribution in [0.2, 0.25) is 0 Å². The van der Waals surface area contributed by atoms with Crippen molar-refractivity contribution in [1.82, 2.24) is 10.2 Å². The third kappa shape index (κ3) is 3.72. The third-order valence-electron chi connectivity index (χ3n) is 4.13. The second-order valence-electron chi connectivity index (χ2n) is 5.89. The molecule has 0 spiro atoms. The number of ether oxygens (including phenoxy) is 1. The lowest BCUT2D eigenvalue weighted by Crippen LogP contribution is -2.31. The van der Waals surface area contributed by atoms with Crippen LogP contribution in [0.4, 0.5) is 9.18 Å². The normalized spacial score (nSPS) is 14.9. The van der Waals surface area contributed by atoms with E-state index in [0.717, 1.165) is 4.90 Å². The van der Waals surface area contributed by atoms with Gasteiger partial charge in [0.05, 0.1) is 18.7 Å². The average Bonchev–Trinajstić information content (AvgIpc) is 2.94. The molecule has 1 aliphatic rings. The SMILES string of the molecule is CC(OC(=O)c1ccccc1CN1C(=O)CNC1=O)c1ccc(F)cc1. The lowest BCUT2D eigenvalue weighted by molar-refractivity contribution is -0.125. The lowest BCUT2D eigenvalue weighted by atomic mass is 10.1. The van der Waals surface area contributed by atoms with Gasteiger partial charge in [-0.3, -0.25) is 9.69 Å². The minimum absolute atomic E-state index is 0.0130. The van der Waals surface area contributed by atoms with Crippen LogP contribution in [0, 0.1) is 5.82 Å². The van der Waals surface area contributed by atoms with Crippen LogP contribution in [-0.4, -0.2) is 29.4 Å². The number of carbonyl (C=O) groups is 3. The van der Waals surface area contributed by atoms with Crippen LogP contribution in [-0.2, 0) is 16.1 Å². The topological polar surface area (TPSA) is 75.7 Å². The molecule has 1 atom stereocenters. The number of nitrogens with zero attached hydrogens (tertiary/aromatic N) is 1. The highest BCUT2D eigenvalue weighted by atomic mass is 19.1. The lowest BCUT2D eigenvalue weighted by Gasteiger charge is -2.17. The predicted molar refractivity (Wildman–Crippen MR) is 90.6 cm³/mol. The van der Waals surface area contributed by atoms with Crippen molar-refractivity contribution in [2.24, 2.45) is 0 Å². The highest BCUT2D eigenvalue weighted by Gasteiger charge is 2.29. The van der Waals surface area contributed by atoms with E-state index in [1.807, 2.05) is 0 Å². The summed E-state index contributed by atoms with van der Waals surface area (Å²) in [7, 11) is 0. The Morgan fingerprint density at radius 2 is 1.88 bits per heavy atom. The molecular weight excluding hydrogens is 339 g/mol. The fourth-order valence-corrected chi connectivity index (χ4v) is 2.67. The van der Waals surface area contributed by atoms with Crippen molar-refractivity contribution in [2.75, 3.05) is 6.54 Å². The standard InChI is InChI=1S/C19H17FN2O4/c1-12(13-6-8-15(20)9-7-13)26-18(24)16-5-3-2-4-14(16)11-22-17(23)10-21-19(22)25/h2-9,12H,10-11H2,1H3,(H,21,25). The van der Waals surface area contributed by atoms with Crippen LogP contribution in [0.15, 0.2) is 48.5 Å². The Balaban J connectivity index is 1.76. The van der Waals surface area contributed by atoms with E-state index in [4.69, 9.17) is 4.74 Å². The van der Waals surface area contributed by atoms with E-state index >= 15 is 0 Å². The van der Waals surface area contributed by atoms with Crippen molar-refractivity contribution < 1.29 is 23.5 Å². The van der Waals surface area contributed by atoms with Crippen LogP contribution in [0.5, 0.6) is 0 Å². The summed E-state index contributed by atoms with van der Waals surface area (Å²) in [5.41, 5.74) is 1.44. The number of hydrogen-bond donors (Lipinski definition) is 1. The summed E-state index contributed by atoms with van der Waals surface area (Å²) in [5.74, 6) is -1.30. The van der Waals surface area contributed by atoms with E-state index in [-0.39, 0.29) is 30.4 Å². The van der Waals surface area contributed by atoms with Crippen LogP contribution in [0.3, 0.4) is 0 Å². The maximum atomic E-state index is 13.0. The van der Waals surface area contributed by atoms with Crippen molar-refractivity contribution in [2.45, 2.75) is 19.6 Å². The Morgan fingerprint density at radius 3 is 2.54 bits per heavy atom. The van der Waals surface area contributed by atoms with Gasteiger partial charge in [0.15, 0.2) is 0 Å². The van der Waals surface area contributed by atoms with Crippen molar-refractivity contribution in [3.8, 4) is 0 Å². The van der Waals surface area contributed by atoms with Gasteiger partial charge in [0.2, 0.25) is 5.91 Å². The molecule has 0 radical (unpaired) electrons. The number of rotatable bonds is 5. The van der Waals surface area contributed by atoms with Gasteiger partial charge in [-0.05, 0) is 36.2 Å². The molecule has 1 aliphatic heterocycles. The molecular formula is C19H17FN2O4. The first-order valence-corrected chi connectivity index (χ1v) is 8.08. The zero-order valence-electron chi connectivity index (χ0n) is 14.1. The summed E-state index contributed by atoms with van der Waals surface area (Å²) in [6, 6.07) is 11.8. The number of benzene rings is 2. The van der Waals surface area contributed by atoms with E-state index in [9.17, 15) is 18.8 Å². The number of esters is 1. The van der Waals surface area contributed by atoms with Crippen LogP contribution in [0.25, 0.3) is 0 Å². The van der Waals surface area contributed by atoms with Gasteiger partial charge in [0.25, 0.3) is 0 Å². The zero-order valence-corrected chi connectivity index (χ0v) is 14.1. The van der Waals surface area contributed by atoms with Crippen LogP contribution >= 0.6 is 0 Å². The summed E-state index contributed by atoms with van der Waals surface area (Å²) in [5, 5.41) is 2.44. The van der Waals surface area contributed by atoms with Crippen molar-refractivity contribution in [1.29, 1.82) is 0 Å². The maximum absolute atomic E-state index is 13.0. The number of carbonyl (C=O) groups excluding carboxylic acids is 3. The maximum Gasteiger partial charge on any atom is 0.339 e. The van der Waals surface area contributed by atoms with Crippen molar-refractivity contribution >= 4 is 17.9 Å². The molecule has 1 fully saturated rings. The summed E-state index contributed by atoms with van der Waals surface area (Å²) in [4.78, 5) is 37.1. The monoisotopic (exact) mass is 356 g/mol. The Morgan fingerprint density at radius 1 is 1.19 bits per heavy atom. The molecule has 1 N–H and O–H groups in total. The van der Waals surface area contributed by atoms with Gasteiger partial charge >= 0.3 is 12.0 Å². The summed E-state index contributed by atoms with van der Waals surface area (Å²) in [6.07, 6.45) is -0.576. The van der Waals surface area contributed by atoms with Gasteiger partial charge in [0, 0.05) is 0 Å². The first-order valence-electron chi connectivity index (χ1n) is 8.08. The number of nitrogens with one attached hydrogen (secondary N) is 1. The van der Waals surface area contributed by atoms with Gasteiger partial charge < -0.3 is 10.1 Å². The molecule has 0 aromatic heterocycles. The van der Waals surface area contributed by atoms with Crippen molar-refractivity contribution in [3.05, 3.63) is 71.0 Å². The number of imide groups is 1. The summed E-state index contributed by atoms with van der Waals surface area (Å²) in [6.45, 7) is 1.62. The highest BCUT2D eigenvalue weighted by molar-refractivity contribution is 6.02. The molecule has 7 heteroatoms. The molecule has 6 nitrogen and oxygen atoms in total. The predicted octanol–water partition coefficient (Wildman–Crippen LogP) is 2.80. The molecule has 26 heavy (non-hydrogen) atoms. The number of amides is 3. The second kappa shape index (κ2) is 7.35. The average molecular weight is 356 g/mol. The van der Waals surface area contributed by atoms with Crippen LogP contribution < -0.4 is 5.32 Å². The Labute approximate surface area is 149 Å². The van der Waals surface area contributed by atoms with E-state index in [2.05, 4.69) is 5.32 Å². The van der Waals surface area contributed by atoms with E-state index < -0.39 is 18.1 Å². The first-order chi connectivity index (χ1) is 12.5. The molecule has 134 valence electrons. The molecule has 2 aromatic rings.